The van der Waals surface area contributed by atoms with Crippen LogP contribution in [-0.2, 0) is 17.8 Å². The highest BCUT2D eigenvalue weighted by atomic mass is 16.5. The molecular formula is C21H26N4O2. The molecule has 0 bridgehead atoms. The number of carbonyl (C=O) groups excluding carboxylic acids is 1. The van der Waals surface area contributed by atoms with E-state index in [4.69, 9.17) is 9.72 Å². The van der Waals surface area contributed by atoms with Crippen LogP contribution in [0.15, 0.2) is 30.5 Å². The highest BCUT2D eigenvalue weighted by Crippen LogP contribution is 2.23. The minimum Gasteiger partial charge on any atom is -0.481 e. The fraction of sp³-hybridized carbons (Fsp3) is 0.476. The fourth-order valence-corrected chi connectivity index (χ4v) is 3.72. The van der Waals surface area contributed by atoms with Gasteiger partial charge < -0.3 is 15.0 Å². The Bertz CT molecular complexity index is 815. The molecule has 142 valence electrons. The second-order valence-corrected chi connectivity index (χ2v) is 7.47. The van der Waals surface area contributed by atoms with Crippen LogP contribution in [0.25, 0.3) is 0 Å². The number of hydrogen-bond acceptors (Lipinski definition) is 5. The predicted octanol–water partition coefficient (Wildman–Crippen LogP) is 2.21. The van der Waals surface area contributed by atoms with E-state index in [1.807, 2.05) is 49.2 Å². The van der Waals surface area contributed by atoms with Crippen molar-refractivity contribution in [1.82, 2.24) is 20.2 Å². The van der Waals surface area contributed by atoms with E-state index in [2.05, 4.69) is 10.3 Å². The lowest BCUT2D eigenvalue weighted by Crippen LogP contribution is -2.43. The third-order valence-corrected chi connectivity index (χ3v) is 5.37. The molecule has 4 rings (SSSR count). The standard InChI is InChI=1S/C21H26N4O2/c1-14-3-5-18(6-4-14)27-15(2)21(26)25-10-8-19-17(13-25)12-23-20(24-19)16-7-9-22-11-16/h3-6,12,15-16,22H,7-11,13H2,1-2H3/t15-,16+/m0/s1. The summed E-state index contributed by atoms with van der Waals surface area (Å²) in [6.07, 6.45) is 3.26. The highest BCUT2D eigenvalue weighted by molar-refractivity contribution is 5.81. The molecule has 2 aliphatic heterocycles. The molecule has 1 amide bonds. The lowest BCUT2D eigenvalue weighted by atomic mass is 10.0. The number of benzene rings is 1. The minimum absolute atomic E-state index is 0.00490. The molecule has 0 radical (unpaired) electrons. The molecule has 0 aliphatic carbocycles. The molecule has 1 aromatic carbocycles. The van der Waals surface area contributed by atoms with Gasteiger partial charge in [-0.3, -0.25) is 4.79 Å². The highest BCUT2D eigenvalue weighted by Gasteiger charge is 2.28. The van der Waals surface area contributed by atoms with Gasteiger partial charge in [0.15, 0.2) is 6.10 Å². The number of rotatable bonds is 4. The lowest BCUT2D eigenvalue weighted by molar-refractivity contribution is -0.138. The third kappa shape index (κ3) is 3.95. The third-order valence-electron chi connectivity index (χ3n) is 5.37. The number of carbonyl (C=O) groups is 1. The van der Waals surface area contributed by atoms with Gasteiger partial charge in [-0.1, -0.05) is 17.7 Å². The van der Waals surface area contributed by atoms with Crippen LogP contribution in [0, 0.1) is 6.92 Å². The number of fused-ring (bicyclic) bond motifs is 1. The number of aryl methyl sites for hydroxylation is 1. The van der Waals surface area contributed by atoms with Gasteiger partial charge in [0.2, 0.25) is 0 Å². The van der Waals surface area contributed by atoms with Gasteiger partial charge in [-0.05, 0) is 38.9 Å². The molecule has 2 aromatic rings. The van der Waals surface area contributed by atoms with Crippen molar-refractivity contribution in [2.75, 3.05) is 19.6 Å². The summed E-state index contributed by atoms with van der Waals surface area (Å²) < 4.78 is 5.83. The molecule has 1 N–H and O–H groups in total. The van der Waals surface area contributed by atoms with Crippen molar-refractivity contribution in [3.8, 4) is 5.75 Å². The van der Waals surface area contributed by atoms with Crippen LogP contribution < -0.4 is 10.1 Å². The second-order valence-electron chi connectivity index (χ2n) is 7.47. The molecule has 2 atom stereocenters. The van der Waals surface area contributed by atoms with Crippen molar-refractivity contribution in [1.29, 1.82) is 0 Å². The van der Waals surface area contributed by atoms with Crippen LogP contribution in [0.4, 0.5) is 0 Å². The number of hydrogen-bond donors (Lipinski definition) is 1. The largest absolute Gasteiger partial charge is 0.481 e. The maximum absolute atomic E-state index is 12.8. The predicted molar refractivity (Wildman–Crippen MR) is 103 cm³/mol. The van der Waals surface area contributed by atoms with E-state index < -0.39 is 6.10 Å². The Balaban J connectivity index is 1.40. The molecule has 0 spiro atoms. The monoisotopic (exact) mass is 366 g/mol. The average molecular weight is 366 g/mol. The number of nitrogens with one attached hydrogen (secondary N) is 1. The van der Waals surface area contributed by atoms with Gasteiger partial charge in [0, 0.05) is 43.7 Å². The van der Waals surface area contributed by atoms with Crippen LogP contribution in [0.2, 0.25) is 0 Å². The van der Waals surface area contributed by atoms with Gasteiger partial charge in [0.1, 0.15) is 11.6 Å². The SMILES string of the molecule is Cc1ccc(O[C@@H](C)C(=O)N2CCc3nc([C@@H]4CCNC4)ncc3C2)cc1. The zero-order valence-corrected chi connectivity index (χ0v) is 15.9. The van der Waals surface area contributed by atoms with E-state index in [9.17, 15) is 4.79 Å². The van der Waals surface area contributed by atoms with Crippen LogP contribution >= 0.6 is 0 Å². The van der Waals surface area contributed by atoms with Crippen LogP contribution in [-0.4, -0.2) is 46.5 Å². The Kier molecular flexibility index (Phi) is 5.07. The van der Waals surface area contributed by atoms with E-state index in [1.165, 1.54) is 5.56 Å². The van der Waals surface area contributed by atoms with Gasteiger partial charge >= 0.3 is 0 Å². The lowest BCUT2D eigenvalue weighted by Gasteiger charge is -2.30. The maximum atomic E-state index is 12.8. The van der Waals surface area contributed by atoms with Gasteiger partial charge in [-0.15, -0.1) is 0 Å². The van der Waals surface area contributed by atoms with Gasteiger partial charge in [0.25, 0.3) is 5.91 Å². The summed E-state index contributed by atoms with van der Waals surface area (Å²) >= 11 is 0. The van der Waals surface area contributed by atoms with Crippen molar-refractivity contribution in [3.63, 3.8) is 0 Å². The van der Waals surface area contributed by atoms with E-state index >= 15 is 0 Å². The maximum Gasteiger partial charge on any atom is 0.263 e. The molecule has 3 heterocycles. The molecule has 6 nitrogen and oxygen atoms in total. The summed E-state index contributed by atoms with van der Waals surface area (Å²) in [6.45, 7) is 7.06. The summed E-state index contributed by atoms with van der Waals surface area (Å²) in [5.41, 5.74) is 3.30. The van der Waals surface area contributed by atoms with Crippen molar-refractivity contribution >= 4 is 5.91 Å². The molecular weight excluding hydrogens is 340 g/mol. The van der Waals surface area contributed by atoms with Gasteiger partial charge in [-0.25, -0.2) is 9.97 Å². The van der Waals surface area contributed by atoms with Gasteiger partial charge in [-0.2, -0.15) is 0 Å². The van der Waals surface area contributed by atoms with Crippen LogP contribution in [0.5, 0.6) is 5.75 Å². The number of ether oxygens (including phenoxy) is 1. The first kappa shape index (κ1) is 17.9. The van der Waals surface area contributed by atoms with E-state index in [-0.39, 0.29) is 5.91 Å². The Hall–Kier alpha value is -2.47. The van der Waals surface area contributed by atoms with E-state index in [1.54, 1.807) is 0 Å². The molecule has 0 unspecified atom stereocenters. The Labute approximate surface area is 160 Å². The summed E-state index contributed by atoms with van der Waals surface area (Å²) in [5, 5.41) is 3.36. The summed E-state index contributed by atoms with van der Waals surface area (Å²) in [6, 6.07) is 7.77. The number of amides is 1. The van der Waals surface area contributed by atoms with Crippen molar-refractivity contribution in [2.45, 2.75) is 45.3 Å². The normalized spacial score (nSPS) is 20.2. The molecule has 1 fully saturated rings. The Morgan fingerprint density at radius 2 is 2.15 bits per heavy atom. The molecule has 2 aliphatic rings. The topological polar surface area (TPSA) is 67.3 Å². The summed E-state index contributed by atoms with van der Waals surface area (Å²) in [5.74, 6) is 2.08. The number of nitrogens with zero attached hydrogens (tertiary/aromatic N) is 3. The molecule has 0 saturated carbocycles. The van der Waals surface area contributed by atoms with Crippen molar-refractivity contribution < 1.29 is 9.53 Å². The minimum atomic E-state index is -0.515. The fourth-order valence-electron chi connectivity index (χ4n) is 3.72. The second kappa shape index (κ2) is 7.64. The molecule has 1 aromatic heterocycles. The first-order valence-corrected chi connectivity index (χ1v) is 9.67. The molecule has 1 saturated heterocycles. The summed E-state index contributed by atoms with van der Waals surface area (Å²) in [4.78, 5) is 24.0. The van der Waals surface area contributed by atoms with Gasteiger partial charge in [0.05, 0.1) is 5.69 Å². The first-order chi connectivity index (χ1) is 13.1. The van der Waals surface area contributed by atoms with Crippen LogP contribution in [0.3, 0.4) is 0 Å². The Morgan fingerprint density at radius 3 is 2.89 bits per heavy atom. The molecule has 27 heavy (non-hydrogen) atoms. The zero-order chi connectivity index (χ0) is 18.8. The number of aromatic nitrogens is 2. The zero-order valence-electron chi connectivity index (χ0n) is 15.9. The first-order valence-electron chi connectivity index (χ1n) is 9.67. The van der Waals surface area contributed by atoms with Crippen molar-refractivity contribution in [3.05, 3.63) is 53.1 Å². The Morgan fingerprint density at radius 1 is 1.33 bits per heavy atom. The quantitative estimate of drug-likeness (QED) is 0.899. The molecule has 6 heteroatoms. The van der Waals surface area contributed by atoms with Crippen molar-refractivity contribution in [2.24, 2.45) is 0 Å². The average Bonchev–Trinajstić information content (AvgIpc) is 3.23. The summed E-state index contributed by atoms with van der Waals surface area (Å²) in [7, 11) is 0. The van der Waals surface area contributed by atoms with E-state index in [0.29, 0.717) is 19.0 Å². The van der Waals surface area contributed by atoms with E-state index in [0.717, 1.165) is 48.8 Å². The smallest absolute Gasteiger partial charge is 0.263 e. The van der Waals surface area contributed by atoms with Crippen LogP contribution in [0.1, 0.15) is 41.9 Å².